The molecule has 0 amide bonds. The molecule has 3 rings (SSSR count). The molecule has 3 aromatic rings. The third kappa shape index (κ3) is 5.33. The Hall–Kier alpha value is -3.37. The molecule has 0 heterocycles. The SMILES string of the molecule is COc1ccccc1C=C(C(=O)OCC(=O)c1ccc(Cl)cc1)c1ccccc1. The average molecular weight is 407 g/mol. The normalized spacial score (nSPS) is 11.0. The summed E-state index contributed by atoms with van der Waals surface area (Å²) in [5.74, 6) is -0.268. The van der Waals surface area contributed by atoms with Crippen molar-refractivity contribution in [1.82, 2.24) is 0 Å². The second kappa shape index (κ2) is 9.71. The summed E-state index contributed by atoms with van der Waals surface area (Å²) < 4.78 is 10.7. The monoisotopic (exact) mass is 406 g/mol. The first-order valence-corrected chi connectivity index (χ1v) is 9.32. The zero-order chi connectivity index (χ0) is 20.6. The highest BCUT2D eigenvalue weighted by molar-refractivity contribution is 6.30. The number of carbonyl (C=O) groups is 2. The van der Waals surface area contributed by atoms with Crippen LogP contribution in [0.3, 0.4) is 0 Å². The molecule has 29 heavy (non-hydrogen) atoms. The van der Waals surface area contributed by atoms with Crippen LogP contribution in [0.4, 0.5) is 0 Å². The fourth-order valence-electron chi connectivity index (χ4n) is 2.75. The number of esters is 1. The van der Waals surface area contributed by atoms with E-state index in [-0.39, 0.29) is 12.4 Å². The number of hydrogen-bond donors (Lipinski definition) is 0. The molecule has 0 aliphatic carbocycles. The highest BCUT2D eigenvalue weighted by Gasteiger charge is 2.17. The lowest BCUT2D eigenvalue weighted by Crippen LogP contribution is -2.15. The molecule has 0 atom stereocenters. The predicted octanol–water partition coefficient (Wildman–Crippen LogP) is 5.32. The van der Waals surface area contributed by atoms with Crippen molar-refractivity contribution in [2.24, 2.45) is 0 Å². The number of hydrogen-bond acceptors (Lipinski definition) is 4. The summed E-state index contributed by atoms with van der Waals surface area (Å²) in [4.78, 5) is 25.2. The molecule has 0 N–H and O–H groups in total. The summed E-state index contributed by atoms with van der Waals surface area (Å²) in [7, 11) is 1.57. The second-order valence-corrected chi connectivity index (χ2v) is 6.61. The Balaban J connectivity index is 1.84. The zero-order valence-corrected chi connectivity index (χ0v) is 16.6. The molecule has 5 heteroatoms. The summed E-state index contributed by atoms with van der Waals surface area (Å²) in [5, 5.41) is 0.532. The van der Waals surface area contributed by atoms with E-state index in [1.807, 2.05) is 54.6 Å². The lowest BCUT2D eigenvalue weighted by Gasteiger charge is -2.10. The standard InChI is InChI=1S/C24H19ClO4/c1-28-23-10-6-5-9-19(23)15-21(17-7-3-2-4-8-17)24(27)29-16-22(26)18-11-13-20(25)14-12-18/h2-15H,16H2,1H3. The van der Waals surface area contributed by atoms with Crippen LogP contribution in [0, 0.1) is 0 Å². The summed E-state index contributed by atoms with van der Waals surface area (Å²) in [6.45, 7) is -0.365. The number of Topliss-reactive ketones (excluding diaryl/α,β-unsaturated/α-hetero) is 1. The van der Waals surface area contributed by atoms with E-state index >= 15 is 0 Å². The third-order valence-electron chi connectivity index (χ3n) is 4.24. The predicted molar refractivity (Wildman–Crippen MR) is 114 cm³/mol. The van der Waals surface area contributed by atoms with Crippen LogP contribution in [0.25, 0.3) is 11.6 Å². The van der Waals surface area contributed by atoms with Crippen LogP contribution in [0.2, 0.25) is 5.02 Å². The molecule has 0 radical (unpaired) electrons. The number of methoxy groups -OCH3 is 1. The quantitative estimate of drug-likeness (QED) is 0.231. The molecule has 0 bridgehead atoms. The summed E-state index contributed by atoms with van der Waals surface area (Å²) in [5.41, 5.74) is 2.17. The third-order valence-corrected chi connectivity index (χ3v) is 4.50. The number of rotatable bonds is 7. The molecule has 0 saturated heterocycles. The van der Waals surface area contributed by atoms with Crippen molar-refractivity contribution >= 4 is 35.0 Å². The molecule has 0 aromatic heterocycles. The molecule has 0 saturated carbocycles. The van der Waals surface area contributed by atoms with Gasteiger partial charge < -0.3 is 9.47 Å². The van der Waals surface area contributed by atoms with Gasteiger partial charge in [-0.2, -0.15) is 0 Å². The maximum Gasteiger partial charge on any atom is 0.339 e. The van der Waals surface area contributed by atoms with E-state index in [0.29, 0.717) is 27.5 Å². The summed E-state index contributed by atoms with van der Waals surface area (Å²) in [6.07, 6.45) is 1.70. The minimum absolute atomic E-state index is 0.306. The topological polar surface area (TPSA) is 52.6 Å². The van der Waals surface area contributed by atoms with E-state index in [1.165, 1.54) is 0 Å². The van der Waals surface area contributed by atoms with Gasteiger partial charge >= 0.3 is 5.97 Å². The molecule has 3 aromatic carbocycles. The summed E-state index contributed by atoms with van der Waals surface area (Å²) in [6, 6.07) is 22.9. The van der Waals surface area contributed by atoms with Gasteiger partial charge in [0.15, 0.2) is 12.4 Å². The van der Waals surface area contributed by atoms with Crippen LogP contribution in [-0.2, 0) is 9.53 Å². The number of carbonyl (C=O) groups excluding carboxylic acids is 2. The molecule has 0 fully saturated rings. The maximum atomic E-state index is 12.8. The van der Waals surface area contributed by atoms with Gasteiger partial charge in [0.05, 0.1) is 12.7 Å². The Morgan fingerprint density at radius 2 is 1.52 bits per heavy atom. The zero-order valence-electron chi connectivity index (χ0n) is 15.8. The van der Waals surface area contributed by atoms with Crippen LogP contribution in [0.5, 0.6) is 5.75 Å². The number of halogens is 1. The van der Waals surface area contributed by atoms with Gasteiger partial charge in [0.2, 0.25) is 0 Å². The van der Waals surface area contributed by atoms with Crippen molar-refractivity contribution in [3.05, 3.63) is 101 Å². The van der Waals surface area contributed by atoms with Crippen LogP contribution in [-0.4, -0.2) is 25.5 Å². The van der Waals surface area contributed by atoms with Crippen LogP contribution < -0.4 is 4.74 Å². The smallest absolute Gasteiger partial charge is 0.339 e. The van der Waals surface area contributed by atoms with Gasteiger partial charge in [-0.1, -0.05) is 60.1 Å². The maximum absolute atomic E-state index is 12.8. The Kier molecular flexibility index (Phi) is 6.82. The molecule has 4 nitrogen and oxygen atoms in total. The van der Waals surface area contributed by atoms with Crippen molar-refractivity contribution in [2.45, 2.75) is 0 Å². The molecule has 0 spiro atoms. The number of benzene rings is 3. The molecular formula is C24H19ClO4. The first-order chi connectivity index (χ1) is 14.1. The minimum Gasteiger partial charge on any atom is -0.496 e. The minimum atomic E-state index is -0.593. The van der Waals surface area contributed by atoms with Gasteiger partial charge in [-0.05, 0) is 42.0 Å². The Labute approximate surface area is 174 Å². The van der Waals surface area contributed by atoms with E-state index < -0.39 is 5.97 Å². The highest BCUT2D eigenvalue weighted by atomic mass is 35.5. The lowest BCUT2D eigenvalue weighted by molar-refractivity contribution is -0.135. The van der Waals surface area contributed by atoms with Crippen LogP contribution in [0.1, 0.15) is 21.5 Å². The molecule has 0 aliphatic heterocycles. The Bertz CT molecular complexity index is 1020. The van der Waals surface area contributed by atoms with E-state index in [2.05, 4.69) is 0 Å². The average Bonchev–Trinajstić information content (AvgIpc) is 2.77. The van der Waals surface area contributed by atoms with E-state index in [1.54, 1.807) is 37.5 Å². The van der Waals surface area contributed by atoms with Gasteiger partial charge in [-0.25, -0.2) is 4.79 Å². The van der Waals surface area contributed by atoms with E-state index in [0.717, 1.165) is 5.56 Å². The van der Waals surface area contributed by atoms with Gasteiger partial charge in [0, 0.05) is 16.1 Å². The molecule has 146 valence electrons. The molecule has 0 unspecified atom stereocenters. The van der Waals surface area contributed by atoms with Gasteiger partial charge in [-0.3, -0.25) is 4.79 Å². The van der Waals surface area contributed by atoms with Crippen LogP contribution >= 0.6 is 11.6 Å². The van der Waals surface area contributed by atoms with Crippen molar-refractivity contribution in [3.8, 4) is 5.75 Å². The molecular weight excluding hydrogens is 388 g/mol. The van der Waals surface area contributed by atoms with Crippen molar-refractivity contribution in [1.29, 1.82) is 0 Å². The highest BCUT2D eigenvalue weighted by Crippen LogP contribution is 2.25. The second-order valence-electron chi connectivity index (χ2n) is 6.17. The first-order valence-electron chi connectivity index (χ1n) is 8.94. The number of ketones is 1. The first kappa shape index (κ1) is 20.4. The van der Waals surface area contributed by atoms with Crippen LogP contribution in [0.15, 0.2) is 78.9 Å². The van der Waals surface area contributed by atoms with E-state index in [9.17, 15) is 9.59 Å². The largest absolute Gasteiger partial charge is 0.496 e. The fourth-order valence-corrected chi connectivity index (χ4v) is 2.87. The lowest BCUT2D eigenvalue weighted by atomic mass is 10.0. The van der Waals surface area contributed by atoms with Crippen molar-refractivity contribution in [3.63, 3.8) is 0 Å². The number of para-hydroxylation sites is 1. The fraction of sp³-hybridized carbons (Fsp3) is 0.0833. The van der Waals surface area contributed by atoms with E-state index in [4.69, 9.17) is 21.1 Å². The van der Waals surface area contributed by atoms with Gasteiger partial charge in [-0.15, -0.1) is 0 Å². The summed E-state index contributed by atoms with van der Waals surface area (Å²) >= 11 is 5.84. The molecule has 0 aliphatic rings. The van der Waals surface area contributed by atoms with Crippen molar-refractivity contribution < 1.29 is 19.1 Å². The van der Waals surface area contributed by atoms with Gasteiger partial charge in [0.25, 0.3) is 0 Å². The Morgan fingerprint density at radius 1 is 0.862 bits per heavy atom. The number of ether oxygens (including phenoxy) is 2. The Morgan fingerprint density at radius 3 is 2.21 bits per heavy atom. The van der Waals surface area contributed by atoms with Gasteiger partial charge in [0.1, 0.15) is 5.75 Å². The van der Waals surface area contributed by atoms with Crippen molar-refractivity contribution in [2.75, 3.05) is 13.7 Å².